The van der Waals surface area contributed by atoms with Crippen molar-refractivity contribution < 1.29 is 9.53 Å². The van der Waals surface area contributed by atoms with Gasteiger partial charge in [-0.05, 0) is 44.6 Å². The number of likely N-dealkylation sites (N-methyl/N-ethyl adjacent to an activating group) is 1. The first-order valence-corrected chi connectivity index (χ1v) is 7.76. The highest BCUT2D eigenvalue weighted by molar-refractivity contribution is 5.76. The van der Waals surface area contributed by atoms with Crippen LogP contribution in [-0.2, 0) is 9.53 Å². The molecule has 2 atom stereocenters. The normalized spacial score (nSPS) is 14.9. The van der Waals surface area contributed by atoms with Gasteiger partial charge in [0.1, 0.15) is 0 Å². The molecule has 2 N–H and O–H groups in total. The minimum atomic E-state index is 0.139. The molecule has 0 heterocycles. The molecular weight excluding hydrogens is 252 g/mol. The summed E-state index contributed by atoms with van der Waals surface area (Å²) in [6, 6.07) is 0.139. The molecule has 1 amide bonds. The van der Waals surface area contributed by atoms with Crippen molar-refractivity contribution in [2.45, 2.75) is 59.9 Å². The smallest absolute Gasteiger partial charge is 0.222 e. The van der Waals surface area contributed by atoms with Crippen LogP contribution < -0.4 is 5.73 Å². The van der Waals surface area contributed by atoms with Gasteiger partial charge in [0, 0.05) is 20.1 Å². The molecule has 0 saturated carbocycles. The molecule has 0 bridgehead atoms. The van der Waals surface area contributed by atoms with E-state index in [1.165, 1.54) is 0 Å². The molecule has 0 aromatic heterocycles. The Labute approximate surface area is 125 Å². The lowest BCUT2D eigenvalue weighted by atomic mass is 9.76. The Morgan fingerprint density at radius 2 is 1.90 bits per heavy atom. The summed E-state index contributed by atoms with van der Waals surface area (Å²) in [4.78, 5) is 14.3. The van der Waals surface area contributed by atoms with Crippen LogP contribution in [0.4, 0.5) is 0 Å². The third-order valence-electron chi connectivity index (χ3n) is 4.05. The lowest BCUT2D eigenvalue weighted by molar-refractivity contribution is -0.134. The number of ether oxygens (including phenoxy) is 1. The SMILES string of the molecule is CCN(C(=O)CCC(CCN)C(C)(C)C)C(C)COC. The van der Waals surface area contributed by atoms with Crippen molar-refractivity contribution in [3.8, 4) is 0 Å². The number of amides is 1. The molecule has 0 aromatic carbocycles. The number of hydrogen-bond donors (Lipinski definition) is 1. The molecule has 0 radical (unpaired) electrons. The van der Waals surface area contributed by atoms with E-state index in [-0.39, 0.29) is 17.4 Å². The van der Waals surface area contributed by atoms with Crippen molar-refractivity contribution in [2.75, 3.05) is 26.8 Å². The van der Waals surface area contributed by atoms with Crippen LogP contribution >= 0.6 is 0 Å². The van der Waals surface area contributed by atoms with Gasteiger partial charge in [-0.1, -0.05) is 20.8 Å². The fourth-order valence-electron chi connectivity index (χ4n) is 2.72. The highest BCUT2D eigenvalue weighted by Gasteiger charge is 2.26. The Morgan fingerprint density at radius 3 is 2.30 bits per heavy atom. The fraction of sp³-hybridized carbons (Fsp3) is 0.938. The molecule has 4 nitrogen and oxygen atoms in total. The minimum Gasteiger partial charge on any atom is -0.383 e. The topological polar surface area (TPSA) is 55.6 Å². The quantitative estimate of drug-likeness (QED) is 0.709. The first-order valence-electron chi connectivity index (χ1n) is 7.76. The molecule has 0 aromatic rings. The van der Waals surface area contributed by atoms with Gasteiger partial charge in [-0.3, -0.25) is 4.79 Å². The Morgan fingerprint density at radius 1 is 1.30 bits per heavy atom. The van der Waals surface area contributed by atoms with E-state index in [4.69, 9.17) is 10.5 Å². The molecular formula is C16H34N2O2. The maximum absolute atomic E-state index is 12.4. The highest BCUT2D eigenvalue weighted by Crippen LogP contribution is 2.32. The molecule has 4 heteroatoms. The van der Waals surface area contributed by atoms with Crippen LogP contribution in [0.15, 0.2) is 0 Å². The van der Waals surface area contributed by atoms with Gasteiger partial charge in [0.2, 0.25) is 5.91 Å². The van der Waals surface area contributed by atoms with Crippen LogP contribution in [-0.4, -0.2) is 43.7 Å². The molecule has 0 aliphatic heterocycles. The summed E-state index contributed by atoms with van der Waals surface area (Å²) in [5.74, 6) is 0.719. The van der Waals surface area contributed by atoms with Gasteiger partial charge in [0.05, 0.1) is 12.6 Å². The summed E-state index contributed by atoms with van der Waals surface area (Å²) in [5.41, 5.74) is 5.90. The third-order valence-corrected chi connectivity index (χ3v) is 4.05. The lowest BCUT2D eigenvalue weighted by Crippen LogP contribution is -2.41. The fourth-order valence-corrected chi connectivity index (χ4v) is 2.72. The first-order chi connectivity index (χ1) is 9.27. The number of methoxy groups -OCH3 is 1. The maximum atomic E-state index is 12.4. The Kier molecular flexibility index (Phi) is 9.06. The van der Waals surface area contributed by atoms with E-state index in [9.17, 15) is 4.79 Å². The van der Waals surface area contributed by atoms with E-state index < -0.39 is 0 Å². The van der Waals surface area contributed by atoms with Crippen molar-refractivity contribution in [3.63, 3.8) is 0 Å². The van der Waals surface area contributed by atoms with E-state index in [2.05, 4.69) is 20.8 Å². The summed E-state index contributed by atoms with van der Waals surface area (Å²) in [6.45, 7) is 12.7. The van der Waals surface area contributed by atoms with Gasteiger partial charge in [0.15, 0.2) is 0 Å². The predicted octanol–water partition coefficient (Wildman–Crippen LogP) is 2.66. The van der Waals surface area contributed by atoms with Crippen molar-refractivity contribution in [1.29, 1.82) is 0 Å². The largest absolute Gasteiger partial charge is 0.383 e. The van der Waals surface area contributed by atoms with Crippen LogP contribution in [0.3, 0.4) is 0 Å². The Hall–Kier alpha value is -0.610. The lowest BCUT2D eigenvalue weighted by Gasteiger charge is -2.32. The van der Waals surface area contributed by atoms with Gasteiger partial charge in [-0.25, -0.2) is 0 Å². The summed E-state index contributed by atoms with van der Waals surface area (Å²) in [7, 11) is 1.67. The highest BCUT2D eigenvalue weighted by atomic mass is 16.5. The van der Waals surface area contributed by atoms with Crippen LogP contribution in [0.5, 0.6) is 0 Å². The van der Waals surface area contributed by atoms with Gasteiger partial charge in [-0.2, -0.15) is 0 Å². The van der Waals surface area contributed by atoms with Crippen LogP contribution in [0.2, 0.25) is 0 Å². The molecule has 0 aliphatic carbocycles. The molecule has 0 aliphatic rings. The van der Waals surface area contributed by atoms with Crippen LogP contribution in [0.1, 0.15) is 53.9 Å². The van der Waals surface area contributed by atoms with Gasteiger partial charge in [0.25, 0.3) is 0 Å². The molecule has 0 fully saturated rings. The molecule has 20 heavy (non-hydrogen) atoms. The molecule has 0 rings (SSSR count). The van der Waals surface area contributed by atoms with Crippen LogP contribution in [0.25, 0.3) is 0 Å². The zero-order valence-electron chi connectivity index (χ0n) is 14.2. The van der Waals surface area contributed by atoms with E-state index in [1.54, 1.807) is 7.11 Å². The first kappa shape index (κ1) is 19.4. The maximum Gasteiger partial charge on any atom is 0.222 e. The minimum absolute atomic E-state index is 0.139. The summed E-state index contributed by atoms with van der Waals surface area (Å²) in [5, 5.41) is 0. The standard InChI is InChI=1S/C16H34N2O2/c1-7-18(13(2)12-20-6)15(19)9-8-14(10-11-17)16(3,4)5/h13-14H,7-12,17H2,1-6H3. The number of nitrogens with two attached hydrogens (primary N) is 1. The number of hydrogen-bond acceptors (Lipinski definition) is 3. The molecule has 120 valence electrons. The van der Waals surface area contributed by atoms with Crippen molar-refractivity contribution in [2.24, 2.45) is 17.1 Å². The molecule has 2 unspecified atom stereocenters. The summed E-state index contributed by atoms with van der Waals surface area (Å²) >= 11 is 0. The Balaban J connectivity index is 4.49. The zero-order valence-corrected chi connectivity index (χ0v) is 14.2. The predicted molar refractivity (Wildman–Crippen MR) is 84.6 cm³/mol. The van der Waals surface area contributed by atoms with E-state index >= 15 is 0 Å². The second kappa shape index (κ2) is 9.35. The number of carbonyl (C=O) groups excluding carboxylic acids is 1. The van der Waals surface area contributed by atoms with Gasteiger partial charge < -0.3 is 15.4 Å². The van der Waals surface area contributed by atoms with E-state index in [0.29, 0.717) is 25.5 Å². The number of rotatable bonds is 9. The Bertz CT molecular complexity index is 274. The summed E-state index contributed by atoms with van der Waals surface area (Å²) < 4.78 is 5.14. The molecule has 0 saturated heterocycles. The van der Waals surface area contributed by atoms with Crippen LogP contribution in [0, 0.1) is 11.3 Å². The van der Waals surface area contributed by atoms with Gasteiger partial charge >= 0.3 is 0 Å². The van der Waals surface area contributed by atoms with Crippen molar-refractivity contribution >= 4 is 5.91 Å². The average molecular weight is 286 g/mol. The number of carbonyl (C=O) groups is 1. The van der Waals surface area contributed by atoms with E-state index in [0.717, 1.165) is 19.4 Å². The second-order valence-electron chi connectivity index (χ2n) is 6.66. The van der Waals surface area contributed by atoms with E-state index in [1.807, 2.05) is 18.7 Å². The van der Waals surface area contributed by atoms with Gasteiger partial charge in [-0.15, -0.1) is 0 Å². The second-order valence-corrected chi connectivity index (χ2v) is 6.66. The zero-order chi connectivity index (χ0) is 15.8. The van der Waals surface area contributed by atoms with Crippen molar-refractivity contribution in [3.05, 3.63) is 0 Å². The van der Waals surface area contributed by atoms with Crippen molar-refractivity contribution in [1.82, 2.24) is 4.90 Å². The summed E-state index contributed by atoms with van der Waals surface area (Å²) in [6.07, 6.45) is 2.50. The monoisotopic (exact) mass is 286 g/mol. The number of nitrogens with zero attached hydrogens (tertiary/aromatic N) is 1. The third kappa shape index (κ3) is 6.71. The molecule has 0 spiro atoms. The average Bonchev–Trinajstić information content (AvgIpc) is 2.34.